The van der Waals surface area contributed by atoms with Crippen LogP contribution in [0.3, 0.4) is 0 Å². The van der Waals surface area contributed by atoms with Gasteiger partial charge in [0.2, 0.25) is 5.91 Å². The van der Waals surface area contributed by atoms with Crippen LogP contribution in [0.5, 0.6) is 11.5 Å². The molecule has 0 aliphatic carbocycles. The molecule has 0 atom stereocenters. The highest BCUT2D eigenvalue weighted by molar-refractivity contribution is 9.10. The van der Waals surface area contributed by atoms with Crippen LogP contribution in [-0.4, -0.2) is 10.9 Å². The molecule has 0 spiro atoms. The van der Waals surface area contributed by atoms with Crippen molar-refractivity contribution in [1.82, 2.24) is 4.98 Å². The summed E-state index contributed by atoms with van der Waals surface area (Å²) in [6, 6.07) is 15.4. The zero-order chi connectivity index (χ0) is 22.4. The summed E-state index contributed by atoms with van der Waals surface area (Å²) in [6.07, 6.45) is -2.60. The molecular formula is C22H15BrF3N3O2. The first-order valence-electron chi connectivity index (χ1n) is 9.03. The minimum Gasteiger partial charge on any atom is -0.457 e. The summed E-state index contributed by atoms with van der Waals surface area (Å²) < 4.78 is 44.7. The summed E-state index contributed by atoms with van der Waals surface area (Å²) in [5.41, 5.74) is 0.256. The molecule has 0 aliphatic rings. The third-order valence-electron chi connectivity index (χ3n) is 4.13. The van der Waals surface area contributed by atoms with Gasteiger partial charge in [-0.2, -0.15) is 18.4 Å². The first-order valence-corrected chi connectivity index (χ1v) is 9.83. The Balaban J connectivity index is 1.61. The predicted octanol–water partition coefficient (Wildman–Crippen LogP) is 6.10. The lowest BCUT2D eigenvalue weighted by atomic mass is 10.1. The molecule has 5 nitrogen and oxygen atoms in total. The smallest absolute Gasteiger partial charge is 0.416 e. The van der Waals surface area contributed by atoms with Gasteiger partial charge in [0.25, 0.3) is 0 Å². The minimum absolute atomic E-state index is 0.0646. The molecule has 3 aromatic rings. The molecule has 1 aromatic heterocycles. The van der Waals surface area contributed by atoms with Gasteiger partial charge in [-0.25, -0.2) is 4.98 Å². The summed E-state index contributed by atoms with van der Waals surface area (Å²) in [5.74, 6) is 0.566. The Kier molecular flexibility index (Phi) is 6.92. The highest BCUT2D eigenvalue weighted by atomic mass is 79.9. The van der Waals surface area contributed by atoms with E-state index in [1.165, 1.54) is 18.3 Å². The molecule has 0 bridgehead atoms. The van der Waals surface area contributed by atoms with Crippen LogP contribution >= 0.6 is 15.9 Å². The van der Waals surface area contributed by atoms with Crippen molar-refractivity contribution in [1.29, 1.82) is 5.26 Å². The normalized spacial score (nSPS) is 10.9. The molecule has 1 N–H and O–H groups in total. The lowest BCUT2D eigenvalue weighted by Crippen LogP contribution is -2.13. The second-order valence-corrected chi connectivity index (χ2v) is 7.43. The Bertz CT molecular complexity index is 1140. The summed E-state index contributed by atoms with van der Waals surface area (Å²) in [6.45, 7) is 0. The molecule has 158 valence electrons. The van der Waals surface area contributed by atoms with Gasteiger partial charge in [-0.05, 0) is 48.4 Å². The Hall–Kier alpha value is -3.38. The summed E-state index contributed by atoms with van der Waals surface area (Å²) >= 11 is 3.03. The number of anilines is 1. The maximum Gasteiger partial charge on any atom is 0.416 e. The molecule has 0 radical (unpaired) electrons. The van der Waals surface area contributed by atoms with Crippen LogP contribution in [0.15, 0.2) is 65.3 Å². The standard InChI is InChI=1S/C22H15BrF3N3O2/c23-16-9-15(22(24,25)26)10-17(11-16)29-21(30)5-4-14-2-1-3-19(8-14)31-20-6-7-28-18(12-20)13-27/h1-3,6-12H,4-5H2,(H,29,30). The van der Waals surface area contributed by atoms with E-state index in [4.69, 9.17) is 10.00 Å². The number of aryl methyl sites for hydroxylation is 1. The van der Waals surface area contributed by atoms with Crippen molar-refractivity contribution in [2.45, 2.75) is 19.0 Å². The lowest BCUT2D eigenvalue weighted by Gasteiger charge is -2.11. The number of nitriles is 1. The SMILES string of the molecule is N#Cc1cc(Oc2cccc(CCC(=O)Nc3cc(Br)cc(C(F)(F)F)c3)c2)ccn1. The van der Waals surface area contributed by atoms with Crippen molar-refractivity contribution in [3.63, 3.8) is 0 Å². The number of nitrogens with one attached hydrogen (secondary N) is 1. The second kappa shape index (κ2) is 9.62. The summed E-state index contributed by atoms with van der Waals surface area (Å²) in [5, 5.41) is 11.4. The molecule has 0 saturated carbocycles. The fourth-order valence-electron chi connectivity index (χ4n) is 2.74. The molecule has 0 unspecified atom stereocenters. The predicted molar refractivity (Wildman–Crippen MR) is 112 cm³/mol. The van der Waals surface area contributed by atoms with Crippen molar-refractivity contribution in [3.8, 4) is 17.6 Å². The van der Waals surface area contributed by atoms with Gasteiger partial charge < -0.3 is 10.1 Å². The molecule has 31 heavy (non-hydrogen) atoms. The van der Waals surface area contributed by atoms with Crippen molar-refractivity contribution < 1.29 is 22.7 Å². The number of aromatic nitrogens is 1. The van der Waals surface area contributed by atoms with Gasteiger partial charge in [-0.15, -0.1) is 0 Å². The van der Waals surface area contributed by atoms with Crippen LogP contribution in [0.1, 0.15) is 23.2 Å². The third-order valence-corrected chi connectivity index (χ3v) is 4.59. The number of carbonyl (C=O) groups excluding carboxylic acids is 1. The third kappa shape index (κ3) is 6.55. The number of amides is 1. The average Bonchev–Trinajstić information content (AvgIpc) is 2.72. The second-order valence-electron chi connectivity index (χ2n) is 6.51. The van der Waals surface area contributed by atoms with E-state index >= 15 is 0 Å². The van der Waals surface area contributed by atoms with E-state index < -0.39 is 17.6 Å². The number of carbonyl (C=O) groups is 1. The number of alkyl halides is 3. The Morgan fingerprint density at radius 1 is 1.13 bits per heavy atom. The topological polar surface area (TPSA) is 75.0 Å². The van der Waals surface area contributed by atoms with Gasteiger partial charge in [-0.3, -0.25) is 4.79 Å². The summed E-state index contributed by atoms with van der Waals surface area (Å²) in [4.78, 5) is 16.1. The van der Waals surface area contributed by atoms with Crippen LogP contribution in [0, 0.1) is 11.3 Å². The molecule has 9 heteroatoms. The van der Waals surface area contributed by atoms with Crippen LogP contribution in [0.2, 0.25) is 0 Å². The lowest BCUT2D eigenvalue weighted by molar-refractivity contribution is -0.137. The van der Waals surface area contributed by atoms with Crippen LogP contribution in [0.4, 0.5) is 18.9 Å². The van der Waals surface area contributed by atoms with Crippen LogP contribution in [0.25, 0.3) is 0 Å². The maximum absolute atomic E-state index is 12.9. The summed E-state index contributed by atoms with van der Waals surface area (Å²) in [7, 11) is 0. The number of hydrogen-bond donors (Lipinski definition) is 1. The highest BCUT2D eigenvalue weighted by Gasteiger charge is 2.31. The van der Waals surface area contributed by atoms with Gasteiger partial charge in [0.15, 0.2) is 0 Å². The van der Waals surface area contributed by atoms with E-state index in [1.807, 2.05) is 12.1 Å². The quantitative estimate of drug-likeness (QED) is 0.453. The van der Waals surface area contributed by atoms with E-state index in [9.17, 15) is 18.0 Å². The van der Waals surface area contributed by atoms with Gasteiger partial charge >= 0.3 is 6.18 Å². The van der Waals surface area contributed by atoms with Crippen molar-refractivity contribution in [3.05, 3.63) is 82.1 Å². The number of rotatable bonds is 6. The Morgan fingerprint density at radius 3 is 2.65 bits per heavy atom. The monoisotopic (exact) mass is 489 g/mol. The van der Waals surface area contributed by atoms with Crippen molar-refractivity contribution >= 4 is 27.5 Å². The van der Waals surface area contributed by atoms with Gasteiger partial charge in [0.1, 0.15) is 23.3 Å². The minimum atomic E-state index is -4.51. The molecule has 1 amide bonds. The van der Waals surface area contributed by atoms with Crippen molar-refractivity contribution in [2.24, 2.45) is 0 Å². The number of pyridine rings is 1. The number of benzene rings is 2. The molecule has 0 aliphatic heterocycles. The molecule has 1 heterocycles. The zero-order valence-corrected chi connectivity index (χ0v) is 17.5. The zero-order valence-electron chi connectivity index (χ0n) is 15.9. The van der Waals surface area contributed by atoms with E-state index in [1.54, 1.807) is 24.3 Å². The van der Waals surface area contributed by atoms with Crippen LogP contribution in [-0.2, 0) is 17.4 Å². The van der Waals surface area contributed by atoms with Gasteiger partial charge in [-0.1, -0.05) is 28.1 Å². The molecular weight excluding hydrogens is 475 g/mol. The van der Waals surface area contributed by atoms with E-state index in [0.717, 1.165) is 17.7 Å². The van der Waals surface area contributed by atoms with Gasteiger partial charge in [0, 0.05) is 28.8 Å². The maximum atomic E-state index is 12.9. The highest BCUT2D eigenvalue weighted by Crippen LogP contribution is 2.33. The number of ether oxygens (including phenoxy) is 1. The first-order chi connectivity index (χ1) is 14.7. The first kappa shape index (κ1) is 22.3. The molecule has 0 saturated heterocycles. The Labute approximate surface area is 184 Å². The largest absolute Gasteiger partial charge is 0.457 e. The Morgan fingerprint density at radius 2 is 1.90 bits per heavy atom. The fraction of sp³-hybridized carbons (Fsp3) is 0.136. The fourth-order valence-corrected chi connectivity index (χ4v) is 3.24. The average molecular weight is 490 g/mol. The van der Waals surface area contributed by atoms with E-state index in [-0.39, 0.29) is 22.3 Å². The van der Waals surface area contributed by atoms with E-state index in [0.29, 0.717) is 17.9 Å². The van der Waals surface area contributed by atoms with Crippen molar-refractivity contribution in [2.75, 3.05) is 5.32 Å². The number of hydrogen-bond acceptors (Lipinski definition) is 4. The van der Waals surface area contributed by atoms with Gasteiger partial charge in [0.05, 0.1) is 5.56 Å². The molecule has 3 rings (SSSR count). The van der Waals surface area contributed by atoms with E-state index in [2.05, 4.69) is 26.2 Å². The number of halogens is 4. The molecule has 0 fully saturated rings. The number of nitrogens with zero attached hydrogens (tertiary/aromatic N) is 2. The molecule has 2 aromatic carbocycles. The van der Waals surface area contributed by atoms with Crippen LogP contribution < -0.4 is 10.1 Å².